The number of amides is 3. The molecular weight excluding hydrogens is 597 g/mol. The Balaban J connectivity index is 0.000000707. The molecule has 0 unspecified atom stereocenters. The van der Waals surface area contributed by atoms with Crippen LogP contribution in [0.3, 0.4) is 0 Å². The largest absolute Gasteiger partial charge is 0.490 e. The molecule has 0 saturated carbocycles. The SMILES string of the molecule is Cc1nc(N)ccc1CNC(=O)Cn1c(C)cnc(NNC(=O)N[C@H](C)c2cccc3ccccc23)c1=O.O=C(O)C(F)(F)F. The number of hydrazine groups is 1. The van der Waals surface area contributed by atoms with Crippen molar-refractivity contribution in [3.8, 4) is 0 Å². The molecular formula is C29H31F3N8O5. The van der Waals surface area contributed by atoms with Crippen LogP contribution >= 0.6 is 0 Å². The van der Waals surface area contributed by atoms with Gasteiger partial charge in [0.05, 0.1) is 6.04 Å². The maximum atomic E-state index is 13.0. The Hall–Kier alpha value is -5.67. The molecule has 2 aromatic carbocycles. The van der Waals surface area contributed by atoms with Crippen molar-refractivity contribution in [2.24, 2.45) is 0 Å². The fraction of sp³-hybridized carbons (Fsp3) is 0.241. The Morgan fingerprint density at radius 2 is 1.71 bits per heavy atom. The molecule has 1 atom stereocenters. The van der Waals surface area contributed by atoms with E-state index < -0.39 is 23.7 Å². The topological polar surface area (TPSA) is 193 Å². The number of hydrogen-bond donors (Lipinski definition) is 6. The third-order valence-electron chi connectivity index (χ3n) is 6.42. The average Bonchev–Trinajstić information content (AvgIpc) is 2.98. The molecule has 3 amide bonds. The number of carbonyl (C=O) groups is 3. The smallest absolute Gasteiger partial charge is 0.475 e. The normalized spacial score (nSPS) is 11.5. The van der Waals surface area contributed by atoms with E-state index in [1.54, 1.807) is 26.0 Å². The number of rotatable bonds is 8. The van der Waals surface area contributed by atoms with Crippen LogP contribution in [-0.2, 0) is 22.7 Å². The summed E-state index contributed by atoms with van der Waals surface area (Å²) in [6.07, 6.45) is -3.64. The Bertz CT molecular complexity index is 1760. The fourth-order valence-electron chi connectivity index (χ4n) is 4.10. The molecule has 238 valence electrons. The van der Waals surface area contributed by atoms with E-state index in [0.717, 1.165) is 21.9 Å². The minimum absolute atomic E-state index is 0.116. The summed E-state index contributed by atoms with van der Waals surface area (Å²) < 4.78 is 33.0. The van der Waals surface area contributed by atoms with Gasteiger partial charge in [-0.25, -0.2) is 19.6 Å². The number of nitrogen functional groups attached to an aromatic ring is 1. The second kappa shape index (κ2) is 14.7. The number of nitrogens with two attached hydrogens (primary N) is 1. The minimum Gasteiger partial charge on any atom is -0.475 e. The third-order valence-corrected chi connectivity index (χ3v) is 6.42. The first kappa shape index (κ1) is 33.8. The van der Waals surface area contributed by atoms with Crippen LogP contribution in [0.25, 0.3) is 10.8 Å². The number of carbonyl (C=O) groups excluding carboxylic acids is 2. The van der Waals surface area contributed by atoms with Gasteiger partial charge in [-0.3, -0.25) is 25.0 Å². The summed E-state index contributed by atoms with van der Waals surface area (Å²) in [5.74, 6) is -2.83. The van der Waals surface area contributed by atoms with Crippen LogP contribution < -0.4 is 32.8 Å². The molecule has 13 nitrogen and oxygen atoms in total. The van der Waals surface area contributed by atoms with Gasteiger partial charge in [0.1, 0.15) is 12.4 Å². The van der Waals surface area contributed by atoms with E-state index in [-0.39, 0.29) is 30.9 Å². The number of nitrogens with zero attached hydrogens (tertiary/aromatic N) is 3. The van der Waals surface area contributed by atoms with Gasteiger partial charge in [-0.15, -0.1) is 0 Å². The molecule has 0 saturated heterocycles. The molecule has 2 heterocycles. The highest BCUT2D eigenvalue weighted by Gasteiger charge is 2.38. The zero-order chi connectivity index (χ0) is 33.3. The second-order valence-electron chi connectivity index (χ2n) is 9.71. The summed E-state index contributed by atoms with van der Waals surface area (Å²) >= 11 is 0. The predicted octanol–water partition coefficient (Wildman–Crippen LogP) is 3.33. The first-order valence-electron chi connectivity index (χ1n) is 13.3. The van der Waals surface area contributed by atoms with Gasteiger partial charge < -0.3 is 21.5 Å². The van der Waals surface area contributed by atoms with Crippen LogP contribution in [0.4, 0.5) is 29.6 Å². The van der Waals surface area contributed by atoms with Crippen molar-refractivity contribution in [2.75, 3.05) is 11.2 Å². The van der Waals surface area contributed by atoms with Crippen molar-refractivity contribution in [1.29, 1.82) is 0 Å². The Morgan fingerprint density at radius 1 is 1.04 bits per heavy atom. The van der Waals surface area contributed by atoms with E-state index in [1.165, 1.54) is 10.8 Å². The predicted molar refractivity (Wildman–Crippen MR) is 160 cm³/mol. The standard InChI is InChI=1S/C27H30N8O3.C2HF3O2/c1-16-13-30-25(26(37)35(16)15-24(36)29-14-20-11-12-23(28)31-17(20)2)33-34-27(38)32-18(3)21-10-6-8-19-7-4-5-9-22(19)21;3-2(4,5)1(6)7/h4-13,18H,14-15H2,1-3H3,(H2,28,31)(H,29,36)(H,30,33)(H2,32,34,38);(H,6,7)/t18-;/m1./s1. The van der Waals surface area contributed by atoms with Crippen LogP contribution in [0.15, 0.2) is 65.6 Å². The number of anilines is 2. The van der Waals surface area contributed by atoms with Gasteiger partial charge in [-0.1, -0.05) is 48.5 Å². The number of benzene rings is 2. The van der Waals surface area contributed by atoms with Gasteiger partial charge in [0.25, 0.3) is 5.56 Å². The molecule has 4 rings (SSSR count). The van der Waals surface area contributed by atoms with Gasteiger partial charge in [-0.2, -0.15) is 13.2 Å². The molecule has 45 heavy (non-hydrogen) atoms. The van der Waals surface area contributed by atoms with Crippen molar-refractivity contribution in [1.82, 2.24) is 30.6 Å². The van der Waals surface area contributed by atoms with E-state index in [9.17, 15) is 27.6 Å². The Kier molecular flexibility index (Phi) is 11.0. The number of hydrogen-bond acceptors (Lipinski definition) is 8. The number of fused-ring (bicyclic) bond motifs is 1. The first-order valence-corrected chi connectivity index (χ1v) is 13.3. The summed E-state index contributed by atoms with van der Waals surface area (Å²) in [6.45, 7) is 5.38. The summed E-state index contributed by atoms with van der Waals surface area (Å²) in [5.41, 5.74) is 13.1. The highest BCUT2D eigenvalue weighted by molar-refractivity contribution is 5.87. The molecule has 0 spiro atoms. The number of aliphatic carboxylic acids is 1. The van der Waals surface area contributed by atoms with Crippen LogP contribution in [0.1, 0.15) is 35.5 Å². The maximum absolute atomic E-state index is 13.0. The molecule has 0 fully saturated rings. The van der Waals surface area contributed by atoms with Crippen LogP contribution in [0, 0.1) is 13.8 Å². The molecule has 0 aliphatic carbocycles. The summed E-state index contributed by atoms with van der Waals surface area (Å²) in [7, 11) is 0. The van der Waals surface area contributed by atoms with Gasteiger partial charge >= 0.3 is 18.2 Å². The number of aromatic nitrogens is 3. The third kappa shape index (κ3) is 9.41. The van der Waals surface area contributed by atoms with E-state index in [4.69, 9.17) is 15.6 Å². The highest BCUT2D eigenvalue weighted by atomic mass is 19.4. The minimum atomic E-state index is -5.08. The molecule has 0 aliphatic rings. The molecule has 7 N–H and O–H groups in total. The molecule has 0 aliphatic heterocycles. The fourth-order valence-corrected chi connectivity index (χ4v) is 4.10. The number of alkyl halides is 3. The number of nitrogens with one attached hydrogen (secondary N) is 4. The molecule has 0 radical (unpaired) electrons. The van der Waals surface area contributed by atoms with Crippen molar-refractivity contribution in [3.05, 3.63) is 93.7 Å². The van der Waals surface area contributed by atoms with Crippen molar-refractivity contribution >= 4 is 40.3 Å². The lowest BCUT2D eigenvalue weighted by molar-refractivity contribution is -0.192. The van der Waals surface area contributed by atoms with E-state index in [2.05, 4.69) is 31.5 Å². The van der Waals surface area contributed by atoms with Gasteiger partial charge in [0.2, 0.25) is 11.7 Å². The van der Waals surface area contributed by atoms with Crippen molar-refractivity contribution in [3.63, 3.8) is 0 Å². The van der Waals surface area contributed by atoms with Gasteiger partial charge in [0, 0.05) is 24.1 Å². The lowest BCUT2D eigenvalue weighted by atomic mass is 10.00. The zero-order valence-corrected chi connectivity index (χ0v) is 24.4. The number of aryl methyl sites for hydroxylation is 2. The Morgan fingerprint density at radius 3 is 2.38 bits per heavy atom. The highest BCUT2D eigenvalue weighted by Crippen LogP contribution is 2.24. The van der Waals surface area contributed by atoms with Crippen LogP contribution in [0.2, 0.25) is 0 Å². The quantitative estimate of drug-likeness (QED) is 0.159. The van der Waals surface area contributed by atoms with Gasteiger partial charge in [0.15, 0.2) is 0 Å². The summed E-state index contributed by atoms with van der Waals surface area (Å²) in [4.78, 5) is 55.2. The second-order valence-corrected chi connectivity index (χ2v) is 9.71. The van der Waals surface area contributed by atoms with Gasteiger partial charge in [-0.05, 0) is 48.7 Å². The Labute approximate surface area is 254 Å². The average molecular weight is 629 g/mol. The molecule has 16 heteroatoms. The van der Waals surface area contributed by atoms with E-state index >= 15 is 0 Å². The van der Waals surface area contributed by atoms with Crippen molar-refractivity contribution < 1.29 is 32.7 Å². The summed E-state index contributed by atoms with van der Waals surface area (Å²) in [6, 6.07) is 16.5. The van der Waals surface area contributed by atoms with E-state index in [0.29, 0.717) is 17.2 Å². The molecule has 2 aromatic heterocycles. The van der Waals surface area contributed by atoms with E-state index in [1.807, 2.05) is 49.4 Å². The van der Waals surface area contributed by atoms with Crippen LogP contribution in [0.5, 0.6) is 0 Å². The first-order chi connectivity index (χ1) is 21.2. The number of carboxylic acid groups (broad SMARTS) is 1. The lowest BCUT2D eigenvalue weighted by Gasteiger charge is -2.18. The maximum Gasteiger partial charge on any atom is 0.490 e. The number of halogens is 3. The number of carboxylic acids is 1. The monoisotopic (exact) mass is 628 g/mol. The van der Waals surface area contributed by atoms with Crippen molar-refractivity contribution in [2.45, 2.75) is 46.1 Å². The molecule has 4 aromatic rings. The lowest BCUT2D eigenvalue weighted by Crippen LogP contribution is -2.42. The summed E-state index contributed by atoms with van der Waals surface area (Å²) in [5, 5.41) is 14.9. The van der Waals surface area contributed by atoms with Crippen LogP contribution in [-0.4, -0.2) is 43.7 Å². The molecule has 0 bridgehead atoms. The zero-order valence-electron chi connectivity index (χ0n) is 24.4. The number of pyridine rings is 1. The number of urea groups is 1.